The van der Waals surface area contributed by atoms with Crippen LogP contribution in [0.5, 0.6) is 0 Å². The SMILES string of the molecule is CN1[C@@H]2CC[C@H]1C[C@H](OC(=O)C(Cc1ccc(Cl)cc1)c1ccccc1)C2. The monoisotopic (exact) mass is 383 g/mol. The maximum absolute atomic E-state index is 13.1. The Morgan fingerprint density at radius 3 is 2.33 bits per heavy atom. The maximum Gasteiger partial charge on any atom is 0.314 e. The van der Waals surface area contributed by atoms with Gasteiger partial charge >= 0.3 is 5.97 Å². The summed E-state index contributed by atoms with van der Waals surface area (Å²) in [5.74, 6) is -0.394. The van der Waals surface area contributed by atoms with Crippen molar-refractivity contribution in [3.05, 3.63) is 70.7 Å². The molecule has 0 saturated carbocycles. The molecule has 2 heterocycles. The molecule has 3 nitrogen and oxygen atoms in total. The Balaban J connectivity index is 1.49. The van der Waals surface area contributed by atoms with Gasteiger partial charge in [0.2, 0.25) is 0 Å². The maximum atomic E-state index is 13.1. The lowest BCUT2D eigenvalue weighted by molar-refractivity contribution is -0.154. The van der Waals surface area contributed by atoms with E-state index in [0.29, 0.717) is 23.5 Å². The molecule has 4 rings (SSSR count). The van der Waals surface area contributed by atoms with Crippen LogP contribution in [0.4, 0.5) is 0 Å². The molecular weight excluding hydrogens is 358 g/mol. The number of esters is 1. The zero-order valence-corrected chi connectivity index (χ0v) is 16.4. The number of benzene rings is 2. The van der Waals surface area contributed by atoms with Gasteiger partial charge in [-0.2, -0.15) is 0 Å². The molecule has 27 heavy (non-hydrogen) atoms. The van der Waals surface area contributed by atoms with Crippen LogP contribution < -0.4 is 0 Å². The van der Waals surface area contributed by atoms with E-state index in [4.69, 9.17) is 16.3 Å². The summed E-state index contributed by atoms with van der Waals surface area (Å²) in [4.78, 5) is 15.6. The molecule has 0 amide bonds. The van der Waals surface area contributed by atoms with Gasteiger partial charge in [-0.25, -0.2) is 0 Å². The van der Waals surface area contributed by atoms with Crippen molar-refractivity contribution >= 4 is 17.6 Å². The highest BCUT2D eigenvalue weighted by Crippen LogP contribution is 2.36. The Kier molecular flexibility index (Phi) is 5.51. The molecule has 2 aliphatic heterocycles. The average molecular weight is 384 g/mol. The Morgan fingerprint density at radius 2 is 1.70 bits per heavy atom. The first-order valence-electron chi connectivity index (χ1n) is 9.82. The summed E-state index contributed by atoms with van der Waals surface area (Å²) in [5, 5.41) is 0.708. The van der Waals surface area contributed by atoms with Crippen LogP contribution in [0.15, 0.2) is 54.6 Å². The summed E-state index contributed by atoms with van der Waals surface area (Å²) in [6.07, 6.45) is 5.04. The van der Waals surface area contributed by atoms with E-state index in [-0.39, 0.29) is 18.0 Å². The molecule has 0 aliphatic carbocycles. The Morgan fingerprint density at radius 1 is 1.07 bits per heavy atom. The minimum absolute atomic E-state index is 0.0441. The summed E-state index contributed by atoms with van der Waals surface area (Å²) in [6, 6.07) is 18.8. The third-order valence-corrected chi connectivity index (χ3v) is 6.43. The van der Waals surface area contributed by atoms with Gasteiger partial charge in [0.05, 0.1) is 5.92 Å². The van der Waals surface area contributed by atoms with Crippen LogP contribution in [0.25, 0.3) is 0 Å². The van der Waals surface area contributed by atoms with Crippen LogP contribution in [-0.4, -0.2) is 36.1 Å². The zero-order valence-electron chi connectivity index (χ0n) is 15.7. The Labute approximate surface area is 166 Å². The fourth-order valence-corrected chi connectivity index (χ4v) is 4.71. The van der Waals surface area contributed by atoms with Crippen molar-refractivity contribution in [1.29, 1.82) is 0 Å². The number of piperidine rings is 1. The first-order chi connectivity index (χ1) is 13.1. The van der Waals surface area contributed by atoms with Gasteiger partial charge in [-0.1, -0.05) is 54.1 Å². The number of carbonyl (C=O) groups excluding carboxylic acids is 1. The minimum Gasteiger partial charge on any atom is -0.462 e. The lowest BCUT2D eigenvalue weighted by atomic mass is 9.91. The van der Waals surface area contributed by atoms with Crippen molar-refractivity contribution in [3.8, 4) is 0 Å². The predicted octanol–water partition coefficient (Wildman–Crippen LogP) is 4.83. The second kappa shape index (κ2) is 8.04. The number of rotatable bonds is 5. The molecule has 142 valence electrons. The van der Waals surface area contributed by atoms with Crippen molar-refractivity contribution < 1.29 is 9.53 Å². The quantitative estimate of drug-likeness (QED) is 0.692. The van der Waals surface area contributed by atoms with E-state index in [9.17, 15) is 4.79 Å². The third kappa shape index (κ3) is 4.20. The van der Waals surface area contributed by atoms with Crippen LogP contribution >= 0.6 is 11.6 Å². The van der Waals surface area contributed by atoms with E-state index in [1.807, 2.05) is 54.6 Å². The van der Waals surface area contributed by atoms with Gasteiger partial charge < -0.3 is 9.64 Å². The number of carbonyl (C=O) groups is 1. The van der Waals surface area contributed by atoms with Crippen LogP contribution in [0.2, 0.25) is 5.02 Å². The summed E-state index contributed by atoms with van der Waals surface area (Å²) in [6.45, 7) is 0. The number of nitrogens with zero attached hydrogens (tertiary/aromatic N) is 1. The summed E-state index contributed by atoms with van der Waals surface area (Å²) in [5.41, 5.74) is 2.10. The largest absolute Gasteiger partial charge is 0.462 e. The van der Waals surface area contributed by atoms with Crippen LogP contribution in [0.1, 0.15) is 42.7 Å². The van der Waals surface area contributed by atoms with Gasteiger partial charge in [-0.05, 0) is 62.4 Å². The number of hydrogen-bond acceptors (Lipinski definition) is 3. The van der Waals surface area contributed by atoms with Gasteiger partial charge in [-0.15, -0.1) is 0 Å². The Bertz CT molecular complexity index is 763. The molecule has 2 fully saturated rings. The zero-order chi connectivity index (χ0) is 18.8. The van der Waals surface area contributed by atoms with Gasteiger partial charge in [0.1, 0.15) is 6.10 Å². The molecule has 2 saturated heterocycles. The third-order valence-electron chi connectivity index (χ3n) is 6.18. The molecule has 0 spiro atoms. The van der Waals surface area contributed by atoms with Crippen molar-refractivity contribution in [2.24, 2.45) is 0 Å². The number of halogens is 1. The highest BCUT2D eigenvalue weighted by atomic mass is 35.5. The topological polar surface area (TPSA) is 29.5 Å². The molecular formula is C23H26ClNO2. The van der Waals surface area contributed by atoms with E-state index < -0.39 is 0 Å². The predicted molar refractivity (Wildman–Crippen MR) is 108 cm³/mol. The molecule has 0 N–H and O–H groups in total. The average Bonchev–Trinajstić information content (AvgIpc) is 2.89. The van der Waals surface area contributed by atoms with E-state index in [0.717, 1.165) is 24.0 Å². The van der Waals surface area contributed by atoms with Crippen molar-refractivity contribution in [3.63, 3.8) is 0 Å². The molecule has 1 unspecified atom stereocenters. The van der Waals surface area contributed by atoms with E-state index >= 15 is 0 Å². The minimum atomic E-state index is -0.287. The van der Waals surface area contributed by atoms with Gasteiger partial charge in [0.25, 0.3) is 0 Å². The van der Waals surface area contributed by atoms with E-state index in [2.05, 4.69) is 11.9 Å². The van der Waals surface area contributed by atoms with Crippen molar-refractivity contribution in [2.45, 2.75) is 56.2 Å². The first-order valence-corrected chi connectivity index (χ1v) is 10.2. The van der Waals surface area contributed by atoms with E-state index in [1.54, 1.807) is 0 Å². The summed E-state index contributed by atoms with van der Waals surface area (Å²) < 4.78 is 6.04. The smallest absolute Gasteiger partial charge is 0.314 e. The highest BCUT2D eigenvalue weighted by molar-refractivity contribution is 6.30. The number of fused-ring (bicyclic) bond motifs is 2. The molecule has 4 heteroatoms. The number of ether oxygens (including phenoxy) is 1. The van der Waals surface area contributed by atoms with Crippen LogP contribution in [-0.2, 0) is 16.0 Å². The van der Waals surface area contributed by atoms with Gasteiger partial charge in [-0.3, -0.25) is 4.79 Å². The summed E-state index contributed by atoms with van der Waals surface area (Å²) >= 11 is 6.01. The molecule has 2 aliphatic rings. The standard InChI is InChI=1S/C23H26ClNO2/c1-25-19-11-12-20(25)15-21(14-19)27-23(26)22(17-5-3-2-4-6-17)13-16-7-9-18(24)10-8-16/h2-10,19-22H,11-15H2,1H3/t19-,20+,21-,22?. The van der Waals surface area contributed by atoms with Crippen LogP contribution in [0.3, 0.4) is 0 Å². The highest BCUT2D eigenvalue weighted by Gasteiger charge is 2.40. The molecule has 2 bridgehead atoms. The second-order valence-corrected chi connectivity index (χ2v) is 8.31. The second-order valence-electron chi connectivity index (χ2n) is 7.87. The van der Waals surface area contributed by atoms with Gasteiger partial charge in [0.15, 0.2) is 0 Å². The fourth-order valence-electron chi connectivity index (χ4n) is 4.58. The summed E-state index contributed by atoms with van der Waals surface area (Å²) in [7, 11) is 2.20. The molecule has 2 aromatic carbocycles. The molecule has 0 radical (unpaired) electrons. The normalized spacial score (nSPS) is 25.9. The van der Waals surface area contributed by atoms with Crippen molar-refractivity contribution in [1.82, 2.24) is 4.90 Å². The molecule has 2 aromatic rings. The Hall–Kier alpha value is -1.84. The first kappa shape index (κ1) is 18.5. The lowest BCUT2D eigenvalue weighted by Crippen LogP contribution is -2.43. The lowest BCUT2D eigenvalue weighted by Gasteiger charge is -2.36. The van der Waals surface area contributed by atoms with Crippen LogP contribution in [0, 0.1) is 0 Å². The number of hydrogen-bond donors (Lipinski definition) is 0. The van der Waals surface area contributed by atoms with Gasteiger partial charge in [0, 0.05) is 17.1 Å². The van der Waals surface area contributed by atoms with E-state index in [1.165, 1.54) is 12.8 Å². The molecule has 4 atom stereocenters. The van der Waals surface area contributed by atoms with Crippen molar-refractivity contribution in [2.75, 3.05) is 7.05 Å². The molecule has 0 aromatic heterocycles. The fraction of sp³-hybridized carbons (Fsp3) is 0.435.